The van der Waals surface area contributed by atoms with Crippen molar-refractivity contribution in [3.63, 3.8) is 0 Å². The van der Waals surface area contributed by atoms with Gasteiger partial charge < -0.3 is 4.57 Å². The fraction of sp³-hybridized carbons (Fsp3) is 0.0408. The number of aromatic nitrogens is 4. The molecule has 1 aliphatic heterocycles. The van der Waals surface area contributed by atoms with E-state index in [1.54, 1.807) is 6.07 Å². The molecule has 0 bridgehead atoms. The third-order valence-electron chi connectivity index (χ3n) is 10.5. The third-order valence-corrected chi connectivity index (χ3v) is 10.5. The monoisotopic (exact) mass is 723 g/mol. The van der Waals surface area contributed by atoms with Gasteiger partial charge in [0.25, 0.3) is 11.8 Å². The van der Waals surface area contributed by atoms with Crippen molar-refractivity contribution in [3.8, 4) is 50.5 Å². The standard InChI is InChI=1S/C49H33N5O2/c1-30-50-31(2)52-47(51-30)35-25-26-38-37-21-12-13-23-42(37)53(44(38)29-35)43-24-14-22-39-45(43)49(56)54(48(39)55)46-40(33-17-8-4-9-18-33)27-36(32-15-6-3-7-16-32)28-41(46)34-19-10-5-11-20-34/h3-29H,1-2H3. The Hall–Kier alpha value is -7.51. The van der Waals surface area contributed by atoms with Gasteiger partial charge in [-0.15, -0.1) is 0 Å². The average Bonchev–Trinajstić information content (AvgIpc) is 3.70. The maximum atomic E-state index is 15.3. The zero-order valence-electron chi connectivity index (χ0n) is 30.6. The summed E-state index contributed by atoms with van der Waals surface area (Å²) in [6, 6.07) is 54.2. The van der Waals surface area contributed by atoms with E-state index < -0.39 is 0 Å². The number of carbonyl (C=O) groups excluding carboxylic acids is 2. The fourth-order valence-corrected chi connectivity index (χ4v) is 8.12. The molecule has 0 fully saturated rings. The molecule has 56 heavy (non-hydrogen) atoms. The van der Waals surface area contributed by atoms with Gasteiger partial charge in [-0.2, -0.15) is 0 Å². The van der Waals surface area contributed by atoms with Crippen molar-refractivity contribution in [2.45, 2.75) is 13.8 Å². The van der Waals surface area contributed by atoms with E-state index in [4.69, 9.17) is 0 Å². The van der Waals surface area contributed by atoms with Crippen molar-refractivity contribution < 1.29 is 9.59 Å². The first-order chi connectivity index (χ1) is 27.4. The van der Waals surface area contributed by atoms with Crippen LogP contribution in [0.1, 0.15) is 32.4 Å². The van der Waals surface area contributed by atoms with E-state index >= 15 is 4.79 Å². The van der Waals surface area contributed by atoms with E-state index in [-0.39, 0.29) is 11.8 Å². The normalized spacial score (nSPS) is 12.5. The Labute approximate surface area is 323 Å². The van der Waals surface area contributed by atoms with Crippen LogP contribution in [0, 0.1) is 13.8 Å². The average molecular weight is 724 g/mol. The molecule has 7 nitrogen and oxygen atoms in total. The number of rotatable bonds is 6. The predicted octanol–water partition coefficient (Wildman–Crippen LogP) is 11.1. The molecule has 0 saturated heterocycles. The minimum absolute atomic E-state index is 0.350. The highest BCUT2D eigenvalue weighted by Crippen LogP contribution is 2.47. The molecular weight excluding hydrogens is 691 g/mol. The van der Waals surface area contributed by atoms with Crippen LogP contribution in [0.4, 0.5) is 5.69 Å². The molecule has 0 unspecified atom stereocenters. The maximum absolute atomic E-state index is 15.3. The number of imide groups is 1. The number of amides is 2. The molecular formula is C49H33N5O2. The number of para-hydroxylation sites is 1. The van der Waals surface area contributed by atoms with E-state index in [0.717, 1.165) is 60.8 Å². The van der Waals surface area contributed by atoms with Gasteiger partial charge in [0.1, 0.15) is 11.6 Å². The van der Waals surface area contributed by atoms with Gasteiger partial charge >= 0.3 is 0 Å². The van der Waals surface area contributed by atoms with Gasteiger partial charge in [-0.3, -0.25) is 9.59 Å². The van der Waals surface area contributed by atoms with Crippen molar-refractivity contribution in [2.24, 2.45) is 0 Å². The first-order valence-electron chi connectivity index (χ1n) is 18.5. The van der Waals surface area contributed by atoms with Gasteiger partial charge in [-0.25, -0.2) is 19.9 Å². The summed E-state index contributed by atoms with van der Waals surface area (Å²) < 4.78 is 2.09. The highest BCUT2D eigenvalue weighted by Gasteiger charge is 2.41. The van der Waals surface area contributed by atoms with Crippen LogP contribution in [0.5, 0.6) is 0 Å². The van der Waals surface area contributed by atoms with Crippen LogP contribution in [0.15, 0.2) is 164 Å². The number of benzene rings is 7. The molecule has 2 aromatic heterocycles. The molecule has 266 valence electrons. The van der Waals surface area contributed by atoms with Crippen LogP contribution in [0.3, 0.4) is 0 Å². The maximum Gasteiger partial charge on any atom is 0.268 e. The largest absolute Gasteiger partial charge is 0.308 e. The van der Waals surface area contributed by atoms with Gasteiger partial charge in [-0.1, -0.05) is 127 Å². The van der Waals surface area contributed by atoms with Crippen LogP contribution < -0.4 is 4.90 Å². The Morgan fingerprint density at radius 3 is 1.64 bits per heavy atom. The quantitative estimate of drug-likeness (QED) is 0.160. The first-order valence-corrected chi connectivity index (χ1v) is 18.5. The molecule has 2 amide bonds. The highest BCUT2D eigenvalue weighted by molar-refractivity contribution is 6.37. The van der Waals surface area contributed by atoms with E-state index in [1.807, 2.05) is 129 Å². The Morgan fingerprint density at radius 2 is 1.00 bits per heavy atom. The lowest BCUT2D eigenvalue weighted by Gasteiger charge is -2.24. The number of hydrogen-bond donors (Lipinski definition) is 0. The number of nitrogens with zero attached hydrogens (tertiary/aromatic N) is 5. The summed E-state index contributed by atoms with van der Waals surface area (Å²) >= 11 is 0. The Balaban J connectivity index is 1.22. The molecule has 0 N–H and O–H groups in total. The molecule has 7 aromatic carbocycles. The van der Waals surface area contributed by atoms with Crippen molar-refractivity contribution in [1.82, 2.24) is 19.5 Å². The Morgan fingerprint density at radius 1 is 0.429 bits per heavy atom. The van der Waals surface area contributed by atoms with Crippen LogP contribution in [0.25, 0.3) is 72.3 Å². The second kappa shape index (κ2) is 13.1. The zero-order chi connectivity index (χ0) is 37.9. The summed E-state index contributed by atoms with van der Waals surface area (Å²) in [5.74, 6) is 1.10. The number of anilines is 1. The second-order valence-corrected chi connectivity index (χ2v) is 14.0. The Bertz CT molecular complexity index is 2950. The van der Waals surface area contributed by atoms with E-state index in [1.165, 1.54) is 4.90 Å². The van der Waals surface area contributed by atoms with Crippen molar-refractivity contribution in [2.75, 3.05) is 4.90 Å². The van der Waals surface area contributed by atoms with Gasteiger partial charge in [0.05, 0.1) is 33.5 Å². The zero-order valence-corrected chi connectivity index (χ0v) is 30.6. The highest BCUT2D eigenvalue weighted by atomic mass is 16.2. The van der Waals surface area contributed by atoms with Crippen molar-refractivity contribution in [1.29, 1.82) is 0 Å². The molecule has 0 radical (unpaired) electrons. The minimum atomic E-state index is -0.381. The number of hydrogen-bond acceptors (Lipinski definition) is 5. The summed E-state index contributed by atoms with van der Waals surface area (Å²) in [6.07, 6.45) is 0. The third kappa shape index (κ3) is 5.32. The van der Waals surface area contributed by atoms with Gasteiger partial charge in [0.2, 0.25) is 0 Å². The van der Waals surface area contributed by atoms with E-state index in [2.05, 4.69) is 62.0 Å². The number of fused-ring (bicyclic) bond motifs is 4. The van der Waals surface area contributed by atoms with Crippen LogP contribution in [-0.2, 0) is 0 Å². The van der Waals surface area contributed by atoms with Crippen molar-refractivity contribution >= 4 is 39.3 Å². The molecule has 3 heterocycles. The number of aryl methyl sites for hydroxylation is 2. The summed E-state index contributed by atoms with van der Waals surface area (Å²) in [4.78, 5) is 45.4. The van der Waals surface area contributed by atoms with Gasteiger partial charge in [0, 0.05) is 27.5 Å². The molecule has 1 aliphatic rings. The lowest BCUT2D eigenvalue weighted by Crippen LogP contribution is -2.30. The second-order valence-electron chi connectivity index (χ2n) is 14.0. The van der Waals surface area contributed by atoms with Gasteiger partial charge in [-0.05, 0) is 72.5 Å². The first kappa shape index (κ1) is 33.1. The smallest absolute Gasteiger partial charge is 0.268 e. The van der Waals surface area contributed by atoms with Crippen LogP contribution in [0.2, 0.25) is 0 Å². The molecule has 0 spiro atoms. The van der Waals surface area contributed by atoms with Crippen molar-refractivity contribution in [3.05, 3.63) is 187 Å². The van der Waals surface area contributed by atoms with Gasteiger partial charge in [0.15, 0.2) is 5.82 Å². The topological polar surface area (TPSA) is 81.0 Å². The van der Waals surface area contributed by atoms with E-state index in [9.17, 15) is 4.79 Å². The summed E-state index contributed by atoms with van der Waals surface area (Å²) in [7, 11) is 0. The SMILES string of the molecule is Cc1nc(C)nc(-c2ccc3c4ccccc4n(-c4cccc5c4C(=O)N(c4c(-c6ccccc6)cc(-c6ccccc6)cc4-c4ccccc4)C5=O)c3c2)n1. The van der Waals surface area contributed by atoms with E-state index in [0.29, 0.717) is 40.0 Å². The molecule has 0 aliphatic carbocycles. The van der Waals surface area contributed by atoms with Crippen LogP contribution in [-0.4, -0.2) is 31.3 Å². The fourth-order valence-electron chi connectivity index (χ4n) is 8.12. The molecule has 10 rings (SSSR count). The minimum Gasteiger partial charge on any atom is -0.308 e. The Kier molecular flexibility index (Phi) is 7.74. The summed E-state index contributed by atoms with van der Waals surface area (Å²) in [5, 5.41) is 2.03. The lowest BCUT2D eigenvalue weighted by molar-refractivity contribution is 0.0926. The number of carbonyl (C=O) groups is 2. The lowest BCUT2D eigenvalue weighted by atomic mass is 9.90. The summed E-state index contributed by atoms with van der Waals surface area (Å²) in [5.41, 5.74) is 9.85. The predicted molar refractivity (Wildman–Crippen MR) is 223 cm³/mol. The molecule has 7 heteroatoms. The van der Waals surface area contributed by atoms with Crippen LogP contribution >= 0.6 is 0 Å². The molecule has 9 aromatic rings. The summed E-state index contributed by atoms with van der Waals surface area (Å²) in [6.45, 7) is 3.72. The molecule has 0 atom stereocenters. The molecule has 0 saturated carbocycles.